The zero-order valence-corrected chi connectivity index (χ0v) is 12.8. The molecule has 1 saturated heterocycles. The van der Waals surface area contributed by atoms with Gasteiger partial charge in [0.2, 0.25) is 0 Å². The highest BCUT2D eigenvalue weighted by Crippen LogP contribution is 2.38. The molecule has 0 aromatic heterocycles. The summed E-state index contributed by atoms with van der Waals surface area (Å²) < 4.78 is 0. The van der Waals surface area contributed by atoms with Gasteiger partial charge in [0.25, 0.3) is 0 Å². The second-order valence-electron chi connectivity index (χ2n) is 6.64. The summed E-state index contributed by atoms with van der Waals surface area (Å²) in [5.41, 5.74) is 0.455. The van der Waals surface area contributed by atoms with Crippen molar-refractivity contribution in [1.29, 1.82) is 0 Å². The summed E-state index contributed by atoms with van der Waals surface area (Å²) in [7, 11) is 0. The van der Waals surface area contributed by atoms with Crippen molar-refractivity contribution in [3.63, 3.8) is 0 Å². The second-order valence-corrected chi connectivity index (χ2v) is 6.64. The molecule has 4 nitrogen and oxygen atoms in total. The normalized spacial score (nSPS) is 21.2. The Balaban J connectivity index is 2.05. The van der Waals surface area contributed by atoms with E-state index in [4.69, 9.17) is 4.84 Å². The quantitative estimate of drug-likeness (QED) is 0.880. The molecule has 0 radical (unpaired) electrons. The first-order valence-electron chi connectivity index (χ1n) is 7.16. The molecule has 0 bridgehead atoms. The van der Waals surface area contributed by atoms with E-state index < -0.39 is 6.09 Å². The largest absolute Gasteiger partial charge is 0.430 e. The molecule has 0 aliphatic carbocycles. The predicted octanol–water partition coefficient (Wildman–Crippen LogP) is 4.19. The van der Waals surface area contributed by atoms with Gasteiger partial charge in [-0.25, -0.2) is 4.79 Å². The number of hydrogen-bond acceptors (Lipinski definition) is 3. The Morgan fingerprint density at radius 2 is 1.65 bits per heavy atom. The molecule has 1 N–H and O–H groups in total. The standard InChI is InChI=1S/C16H24N2O2/c1-15(2)11-8-12-16(3,4)18(15)20-14(19)17-13-9-6-5-7-10-13/h5-7,9-10H,8,11-12H2,1-4H3,(H,17,19). The molecule has 1 aliphatic rings. The molecule has 0 atom stereocenters. The van der Waals surface area contributed by atoms with Crippen LogP contribution in [0.5, 0.6) is 0 Å². The number of hydrogen-bond donors (Lipinski definition) is 1. The fourth-order valence-electron chi connectivity index (χ4n) is 2.97. The maximum Gasteiger partial charge on any atom is 0.430 e. The van der Waals surface area contributed by atoms with Gasteiger partial charge in [-0.15, -0.1) is 5.06 Å². The van der Waals surface area contributed by atoms with Crippen LogP contribution < -0.4 is 5.32 Å². The van der Waals surface area contributed by atoms with Gasteiger partial charge in [0.1, 0.15) is 0 Å². The lowest BCUT2D eigenvalue weighted by Gasteiger charge is -2.50. The average molecular weight is 276 g/mol. The molecular weight excluding hydrogens is 252 g/mol. The minimum Gasteiger partial charge on any atom is -0.350 e. The van der Waals surface area contributed by atoms with Crippen LogP contribution in [-0.2, 0) is 4.84 Å². The van der Waals surface area contributed by atoms with Crippen molar-refractivity contribution < 1.29 is 9.63 Å². The SMILES string of the molecule is CC1(C)CCCC(C)(C)N1OC(=O)Nc1ccccc1. The first kappa shape index (κ1) is 14.9. The van der Waals surface area contributed by atoms with Crippen LogP contribution in [0.25, 0.3) is 0 Å². The molecule has 4 heteroatoms. The number of benzene rings is 1. The molecular formula is C16H24N2O2. The summed E-state index contributed by atoms with van der Waals surface area (Å²) in [5.74, 6) is 0. The van der Waals surface area contributed by atoms with Crippen LogP contribution in [0.15, 0.2) is 30.3 Å². The van der Waals surface area contributed by atoms with Crippen LogP contribution in [-0.4, -0.2) is 22.2 Å². The highest BCUT2D eigenvalue weighted by molar-refractivity contribution is 5.84. The maximum atomic E-state index is 12.1. The van der Waals surface area contributed by atoms with Gasteiger partial charge < -0.3 is 4.84 Å². The minimum absolute atomic E-state index is 0.143. The lowest BCUT2D eigenvalue weighted by molar-refractivity contribution is -0.236. The van der Waals surface area contributed by atoms with Crippen molar-refractivity contribution in [1.82, 2.24) is 5.06 Å². The fraction of sp³-hybridized carbons (Fsp3) is 0.562. The van der Waals surface area contributed by atoms with Crippen LogP contribution in [0.3, 0.4) is 0 Å². The van der Waals surface area contributed by atoms with Crippen LogP contribution in [0.4, 0.5) is 10.5 Å². The Kier molecular flexibility index (Phi) is 4.04. The molecule has 110 valence electrons. The van der Waals surface area contributed by atoms with Gasteiger partial charge in [-0.05, 0) is 59.1 Å². The Hall–Kier alpha value is -1.55. The van der Waals surface area contributed by atoms with E-state index in [1.807, 2.05) is 35.4 Å². The van der Waals surface area contributed by atoms with Crippen molar-refractivity contribution >= 4 is 11.8 Å². The summed E-state index contributed by atoms with van der Waals surface area (Å²) in [6.45, 7) is 8.46. The molecule has 1 fully saturated rings. The number of amides is 1. The van der Waals surface area contributed by atoms with E-state index in [2.05, 4.69) is 33.0 Å². The Bertz CT molecular complexity index is 453. The van der Waals surface area contributed by atoms with Gasteiger partial charge in [0.15, 0.2) is 0 Å². The molecule has 1 aliphatic heterocycles. The van der Waals surface area contributed by atoms with Crippen LogP contribution in [0.1, 0.15) is 47.0 Å². The van der Waals surface area contributed by atoms with Crippen molar-refractivity contribution in [3.8, 4) is 0 Å². The maximum absolute atomic E-state index is 12.1. The monoisotopic (exact) mass is 276 g/mol. The number of carbonyl (C=O) groups is 1. The Morgan fingerprint density at radius 3 is 2.20 bits per heavy atom. The molecule has 0 saturated carbocycles. The molecule has 0 spiro atoms. The molecule has 0 unspecified atom stereocenters. The summed E-state index contributed by atoms with van der Waals surface area (Å²) >= 11 is 0. The van der Waals surface area contributed by atoms with Crippen LogP contribution in [0, 0.1) is 0 Å². The summed E-state index contributed by atoms with van der Waals surface area (Å²) in [6.07, 6.45) is 2.77. The van der Waals surface area contributed by atoms with E-state index in [1.165, 1.54) is 0 Å². The Labute approximate surface area is 121 Å². The summed E-state index contributed by atoms with van der Waals surface area (Å²) in [4.78, 5) is 17.7. The van der Waals surface area contributed by atoms with E-state index in [-0.39, 0.29) is 11.1 Å². The number of para-hydroxylation sites is 1. The predicted molar refractivity (Wildman–Crippen MR) is 80.4 cm³/mol. The molecule has 1 aromatic carbocycles. The highest BCUT2D eigenvalue weighted by Gasteiger charge is 2.44. The van der Waals surface area contributed by atoms with E-state index in [0.29, 0.717) is 0 Å². The van der Waals surface area contributed by atoms with Crippen molar-refractivity contribution in [2.75, 3.05) is 5.32 Å². The highest BCUT2D eigenvalue weighted by atomic mass is 16.7. The zero-order chi connectivity index (χ0) is 14.8. The van der Waals surface area contributed by atoms with Gasteiger partial charge >= 0.3 is 6.09 Å². The smallest absolute Gasteiger partial charge is 0.350 e. The fourth-order valence-corrected chi connectivity index (χ4v) is 2.97. The number of nitrogens with zero attached hydrogens (tertiary/aromatic N) is 1. The molecule has 20 heavy (non-hydrogen) atoms. The number of nitrogens with one attached hydrogen (secondary N) is 1. The van der Waals surface area contributed by atoms with E-state index in [1.54, 1.807) is 0 Å². The molecule has 1 amide bonds. The van der Waals surface area contributed by atoms with E-state index >= 15 is 0 Å². The third kappa shape index (κ3) is 3.31. The molecule has 1 heterocycles. The summed E-state index contributed by atoms with van der Waals surface area (Å²) in [5, 5.41) is 4.61. The lowest BCUT2D eigenvalue weighted by atomic mass is 9.82. The zero-order valence-electron chi connectivity index (χ0n) is 12.8. The van der Waals surface area contributed by atoms with Crippen molar-refractivity contribution in [3.05, 3.63) is 30.3 Å². The van der Waals surface area contributed by atoms with Gasteiger partial charge in [0.05, 0.1) is 11.1 Å². The number of rotatable bonds is 2. The number of hydroxylamine groups is 2. The van der Waals surface area contributed by atoms with Crippen LogP contribution in [0.2, 0.25) is 0 Å². The first-order valence-corrected chi connectivity index (χ1v) is 7.16. The third-order valence-corrected chi connectivity index (χ3v) is 3.87. The second kappa shape index (κ2) is 5.44. The Morgan fingerprint density at radius 1 is 1.10 bits per heavy atom. The first-order chi connectivity index (χ1) is 9.31. The van der Waals surface area contributed by atoms with Gasteiger partial charge in [0, 0.05) is 5.69 Å². The minimum atomic E-state index is -0.431. The van der Waals surface area contributed by atoms with E-state index in [9.17, 15) is 4.79 Å². The van der Waals surface area contributed by atoms with E-state index in [0.717, 1.165) is 24.9 Å². The lowest BCUT2D eigenvalue weighted by Crippen LogP contribution is -2.59. The summed E-state index contributed by atoms with van der Waals surface area (Å²) in [6, 6.07) is 9.35. The average Bonchev–Trinajstić information content (AvgIpc) is 2.35. The number of carbonyl (C=O) groups excluding carboxylic acids is 1. The van der Waals surface area contributed by atoms with Gasteiger partial charge in [-0.1, -0.05) is 18.2 Å². The van der Waals surface area contributed by atoms with Gasteiger partial charge in [-0.2, -0.15) is 0 Å². The third-order valence-electron chi connectivity index (χ3n) is 3.87. The molecule has 1 aromatic rings. The van der Waals surface area contributed by atoms with Gasteiger partial charge in [-0.3, -0.25) is 5.32 Å². The number of piperidine rings is 1. The van der Waals surface area contributed by atoms with Crippen molar-refractivity contribution in [2.24, 2.45) is 0 Å². The van der Waals surface area contributed by atoms with Crippen molar-refractivity contribution in [2.45, 2.75) is 58.0 Å². The van der Waals surface area contributed by atoms with Crippen LogP contribution >= 0.6 is 0 Å². The number of anilines is 1. The topological polar surface area (TPSA) is 41.6 Å². The molecule has 2 rings (SSSR count).